The standard InChI is InChI=1S/C16H13ClFN3O/c1-21-9-14(11-4-2-3-5-15(11)21)20-16(22)19-10-6-7-13(18)12(17)8-10/h2-9H,1H3,(H2,19,20,22). The van der Waals surface area contributed by atoms with Crippen LogP contribution in [0.15, 0.2) is 48.7 Å². The number of anilines is 2. The number of benzene rings is 2. The molecule has 112 valence electrons. The van der Waals surface area contributed by atoms with Crippen LogP contribution < -0.4 is 10.6 Å². The lowest BCUT2D eigenvalue weighted by atomic mass is 10.2. The fourth-order valence-corrected chi connectivity index (χ4v) is 2.48. The molecule has 1 heterocycles. The Hall–Kier alpha value is -2.53. The van der Waals surface area contributed by atoms with Crippen molar-refractivity contribution in [2.75, 3.05) is 10.6 Å². The minimum absolute atomic E-state index is 0.0389. The molecule has 0 atom stereocenters. The van der Waals surface area contributed by atoms with Gasteiger partial charge in [-0.15, -0.1) is 0 Å². The summed E-state index contributed by atoms with van der Waals surface area (Å²) in [7, 11) is 1.91. The Morgan fingerprint density at radius 2 is 1.95 bits per heavy atom. The first-order chi connectivity index (χ1) is 10.5. The quantitative estimate of drug-likeness (QED) is 0.712. The Labute approximate surface area is 131 Å². The van der Waals surface area contributed by atoms with Gasteiger partial charge in [-0.05, 0) is 24.3 Å². The van der Waals surface area contributed by atoms with E-state index in [2.05, 4.69) is 10.6 Å². The summed E-state index contributed by atoms with van der Waals surface area (Å²) >= 11 is 5.69. The molecule has 2 N–H and O–H groups in total. The molecule has 0 aliphatic heterocycles. The van der Waals surface area contributed by atoms with Crippen LogP contribution in [0.4, 0.5) is 20.6 Å². The summed E-state index contributed by atoms with van der Waals surface area (Å²) in [5.41, 5.74) is 2.13. The van der Waals surface area contributed by atoms with Crippen LogP contribution in [-0.4, -0.2) is 10.6 Å². The van der Waals surface area contributed by atoms with E-state index in [-0.39, 0.29) is 5.02 Å². The summed E-state index contributed by atoms with van der Waals surface area (Å²) in [6, 6.07) is 11.3. The summed E-state index contributed by atoms with van der Waals surface area (Å²) in [6.45, 7) is 0. The second kappa shape index (κ2) is 5.69. The van der Waals surface area contributed by atoms with E-state index >= 15 is 0 Å². The van der Waals surface area contributed by atoms with E-state index in [1.807, 2.05) is 42.1 Å². The number of urea groups is 1. The Bertz CT molecular complexity index is 860. The van der Waals surface area contributed by atoms with E-state index in [9.17, 15) is 9.18 Å². The van der Waals surface area contributed by atoms with Gasteiger partial charge >= 0.3 is 6.03 Å². The summed E-state index contributed by atoms with van der Waals surface area (Å²) < 4.78 is 15.0. The Morgan fingerprint density at radius 3 is 2.73 bits per heavy atom. The van der Waals surface area contributed by atoms with Gasteiger partial charge in [-0.3, -0.25) is 0 Å². The third kappa shape index (κ3) is 2.76. The van der Waals surface area contributed by atoms with Gasteiger partial charge in [0.05, 0.1) is 10.7 Å². The number of aryl methyl sites for hydroxylation is 1. The molecular formula is C16H13ClFN3O. The molecule has 4 nitrogen and oxygen atoms in total. The van der Waals surface area contributed by atoms with Crippen LogP contribution in [0, 0.1) is 5.82 Å². The maximum atomic E-state index is 13.1. The van der Waals surface area contributed by atoms with Gasteiger partial charge < -0.3 is 15.2 Å². The first-order valence-electron chi connectivity index (χ1n) is 6.62. The van der Waals surface area contributed by atoms with Crippen LogP contribution in [0.2, 0.25) is 5.02 Å². The lowest BCUT2D eigenvalue weighted by Gasteiger charge is -2.07. The lowest BCUT2D eigenvalue weighted by Crippen LogP contribution is -2.19. The molecule has 3 rings (SSSR count). The number of nitrogens with one attached hydrogen (secondary N) is 2. The van der Waals surface area contributed by atoms with Gasteiger partial charge in [0.15, 0.2) is 0 Å². The third-order valence-corrected chi connectivity index (χ3v) is 3.61. The van der Waals surface area contributed by atoms with Gasteiger partial charge in [-0.2, -0.15) is 0 Å². The first-order valence-corrected chi connectivity index (χ1v) is 6.99. The van der Waals surface area contributed by atoms with Crippen LogP contribution in [0.5, 0.6) is 0 Å². The molecule has 2 aromatic carbocycles. The minimum Gasteiger partial charge on any atom is -0.348 e. The monoisotopic (exact) mass is 317 g/mol. The highest BCUT2D eigenvalue weighted by Crippen LogP contribution is 2.25. The summed E-state index contributed by atoms with van der Waals surface area (Å²) in [5.74, 6) is -0.526. The maximum absolute atomic E-state index is 13.1. The lowest BCUT2D eigenvalue weighted by molar-refractivity contribution is 0.262. The van der Waals surface area contributed by atoms with Crippen molar-refractivity contribution in [2.24, 2.45) is 7.05 Å². The SMILES string of the molecule is Cn1cc(NC(=O)Nc2ccc(F)c(Cl)c2)c2ccccc21. The highest BCUT2D eigenvalue weighted by Gasteiger charge is 2.10. The smallest absolute Gasteiger partial charge is 0.323 e. The van der Waals surface area contributed by atoms with Crippen molar-refractivity contribution in [2.45, 2.75) is 0 Å². The van der Waals surface area contributed by atoms with Crippen LogP contribution >= 0.6 is 11.6 Å². The molecule has 0 saturated heterocycles. The van der Waals surface area contributed by atoms with Gasteiger partial charge in [-0.25, -0.2) is 9.18 Å². The number of carbonyl (C=O) groups is 1. The zero-order valence-electron chi connectivity index (χ0n) is 11.7. The van der Waals surface area contributed by atoms with Crippen LogP contribution in [0.25, 0.3) is 10.9 Å². The first kappa shape index (κ1) is 14.4. The van der Waals surface area contributed by atoms with Crippen LogP contribution in [-0.2, 0) is 7.05 Å². The molecule has 0 bridgehead atoms. The van der Waals surface area contributed by atoms with E-state index in [1.54, 1.807) is 0 Å². The van der Waals surface area contributed by atoms with E-state index < -0.39 is 11.8 Å². The molecule has 1 aromatic heterocycles. The zero-order chi connectivity index (χ0) is 15.7. The molecular weight excluding hydrogens is 305 g/mol. The predicted molar refractivity (Wildman–Crippen MR) is 87.0 cm³/mol. The number of nitrogens with zero attached hydrogens (tertiary/aromatic N) is 1. The molecule has 6 heteroatoms. The minimum atomic E-state index is -0.526. The summed E-state index contributed by atoms with van der Waals surface area (Å²) in [4.78, 5) is 12.1. The summed E-state index contributed by atoms with van der Waals surface area (Å²) in [6.07, 6.45) is 1.84. The number of carbonyl (C=O) groups excluding carboxylic acids is 1. The number of halogens is 2. The largest absolute Gasteiger partial charge is 0.348 e. The Balaban J connectivity index is 1.80. The Kier molecular flexibility index (Phi) is 3.73. The van der Waals surface area contributed by atoms with Crippen molar-refractivity contribution < 1.29 is 9.18 Å². The second-order valence-corrected chi connectivity index (χ2v) is 5.29. The van der Waals surface area contributed by atoms with Gasteiger partial charge in [0.2, 0.25) is 0 Å². The number of hydrogen-bond donors (Lipinski definition) is 2. The molecule has 0 spiro atoms. The number of rotatable bonds is 2. The average molecular weight is 318 g/mol. The molecule has 0 radical (unpaired) electrons. The molecule has 3 aromatic rings. The van der Waals surface area contributed by atoms with E-state index in [1.165, 1.54) is 18.2 Å². The molecule has 22 heavy (non-hydrogen) atoms. The van der Waals surface area contributed by atoms with Crippen molar-refractivity contribution in [1.29, 1.82) is 0 Å². The predicted octanol–water partition coefficient (Wildman–Crippen LogP) is 4.61. The van der Waals surface area contributed by atoms with Crippen molar-refractivity contribution in [3.8, 4) is 0 Å². The topological polar surface area (TPSA) is 46.1 Å². The molecule has 2 amide bonds. The van der Waals surface area contributed by atoms with Crippen LogP contribution in [0.1, 0.15) is 0 Å². The highest BCUT2D eigenvalue weighted by molar-refractivity contribution is 6.31. The normalized spacial score (nSPS) is 10.7. The number of aromatic nitrogens is 1. The van der Waals surface area contributed by atoms with Crippen molar-refractivity contribution in [3.05, 3.63) is 59.5 Å². The van der Waals surface area contributed by atoms with Gasteiger partial charge in [0.25, 0.3) is 0 Å². The van der Waals surface area contributed by atoms with E-state index in [4.69, 9.17) is 11.6 Å². The molecule has 0 fully saturated rings. The molecule has 0 unspecified atom stereocenters. The van der Waals surface area contributed by atoms with Gasteiger partial charge in [0.1, 0.15) is 5.82 Å². The van der Waals surface area contributed by atoms with Crippen molar-refractivity contribution >= 4 is 39.9 Å². The van der Waals surface area contributed by atoms with Crippen molar-refractivity contribution in [1.82, 2.24) is 4.57 Å². The fraction of sp³-hybridized carbons (Fsp3) is 0.0625. The second-order valence-electron chi connectivity index (χ2n) is 4.88. The fourth-order valence-electron chi connectivity index (χ4n) is 2.30. The van der Waals surface area contributed by atoms with Gasteiger partial charge in [-0.1, -0.05) is 29.8 Å². The highest BCUT2D eigenvalue weighted by atomic mass is 35.5. The number of hydrogen-bond acceptors (Lipinski definition) is 1. The molecule has 0 aliphatic carbocycles. The Morgan fingerprint density at radius 1 is 1.18 bits per heavy atom. The summed E-state index contributed by atoms with van der Waals surface area (Å²) in [5, 5.41) is 6.31. The average Bonchev–Trinajstić information content (AvgIpc) is 2.80. The molecule has 0 saturated carbocycles. The number of fused-ring (bicyclic) bond motifs is 1. The maximum Gasteiger partial charge on any atom is 0.323 e. The zero-order valence-corrected chi connectivity index (χ0v) is 12.5. The number of para-hydroxylation sites is 1. The van der Waals surface area contributed by atoms with Crippen molar-refractivity contribution in [3.63, 3.8) is 0 Å². The third-order valence-electron chi connectivity index (χ3n) is 3.32. The molecule has 0 aliphatic rings. The number of amides is 2. The van der Waals surface area contributed by atoms with Crippen LogP contribution in [0.3, 0.4) is 0 Å². The van der Waals surface area contributed by atoms with E-state index in [0.29, 0.717) is 11.4 Å². The van der Waals surface area contributed by atoms with E-state index in [0.717, 1.165) is 10.9 Å². The van der Waals surface area contributed by atoms with Gasteiger partial charge in [0, 0.05) is 29.8 Å².